The zero-order valence-corrected chi connectivity index (χ0v) is 15.1. The van der Waals surface area contributed by atoms with Crippen LogP contribution in [0.1, 0.15) is 10.6 Å². The maximum absolute atomic E-state index is 12.3. The zero-order valence-electron chi connectivity index (χ0n) is 14.4. The number of hydrogen-bond acceptors (Lipinski definition) is 5. The number of nitriles is 1. The topological polar surface area (TPSA) is 89.6 Å². The summed E-state index contributed by atoms with van der Waals surface area (Å²) in [6, 6.07) is 12.0. The Kier molecular flexibility index (Phi) is 5.79. The van der Waals surface area contributed by atoms with Gasteiger partial charge in [0.25, 0.3) is 11.8 Å². The highest BCUT2D eigenvalue weighted by Crippen LogP contribution is 2.21. The van der Waals surface area contributed by atoms with Gasteiger partial charge >= 0.3 is 0 Å². The molecule has 138 valence electrons. The third-order valence-electron chi connectivity index (χ3n) is 4.13. The lowest BCUT2D eigenvalue weighted by molar-refractivity contribution is -0.112. The SMILES string of the molecule is N#C/C(=C/N1CCN(C(=O)c2ccco2)CC1)C(=O)Nc1ccccc1Cl. The molecule has 0 atom stereocenters. The number of para-hydroxylation sites is 1. The number of rotatable bonds is 4. The monoisotopic (exact) mass is 384 g/mol. The highest BCUT2D eigenvalue weighted by molar-refractivity contribution is 6.33. The van der Waals surface area contributed by atoms with Crippen LogP contribution in [0.4, 0.5) is 5.69 Å². The minimum Gasteiger partial charge on any atom is -0.459 e. The summed E-state index contributed by atoms with van der Waals surface area (Å²) in [6.45, 7) is 1.97. The number of amides is 2. The van der Waals surface area contributed by atoms with E-state index in [4.69, 9.17) is 16.0 Å². The van der Waals surface area contributed by atoms with Crippen LogP contribution in [0.2, 0.25) is 5.02 Å². The molecule has 7 nitrogen and oxygen atoms in total. The molecule has 2 aromatic rings. The Morgan fingerprint density at radius 3 is 2.52 bits per heavy atom. The van der Waals surface area contributed by atoms with Gasteiger partial charge < -0.3 is 19.5 Å². The van der Waals surface area contributed by atoms with Gasteiger partial charge in [-0.05, 0) is 24.3 Å². The van der Waals surface area contributed by atoms with Gasteiger partial charge in [0, 0.05) is 32.4 Å². The molecule has 1 aliphatic heterocycles. The maximum atomic E-state index is 12.3. The molecule has 1 aliphatic rings. The van der Waals surface area contributed by atoms with Crippen molar-refractivity contribution in [3.63, 3.8) is 0 Å². The summed E-state index contributed by atoms with van der Waals surface area (Å²) in [7, 11) is 0. The molecule has 1 N–H and O–H groups in total. The van der Waals surface area contributed by atoms with E-state index in [0.717, 1.165) is 0 Å². The summed E-state index contributed by atoms with van der Waals surface area (Å²) in [5.74, 6) is -0.392. The number of carbonyl (C=O) groups is 2. The molecule has 1 saturated heterocycles. The van der Waals surface area contributed by atoms with Gasteiger partial charge in [-0.15, -0.1) is 0 Å². The lowest BCUT2D eigenvalue weighted by atomic mass is 10.2. The molecule has 0 bridgehead atoms. The Hall–Kier alpha value is -3.24. The Morgan fingerprint density at radius 1 is 1.15 bits per heavy atom. The van der Waals surface area contributed by atoms with Crippen LogP contribution in [0.3, 0.4) is 0 Å². The van der Waals surface area contributed by atoms with E-state index in [2.05, 4.69) is 5.32 Å². The maximum Gasteiger partial charge on any atom is 0.289 e. The quantitative estimate of drug-likeness (QED) is 0.646. The van der Waals surface area contributed by atoms with Crippen LogP contribution >= 0.6 is 11.6 Å². The third kappa shape index (κ3) is 4.49. The second-order valence-corrected chi connectivity index (χ2v) is 6.30. The molecule has 0 aliphatic carbocycles. The average Bonchev–Trinajstić information content (AvgIpc) is 3.22. The van der Waals surface area contributed by atoms with E-state index in [1.165, 1.54) is 12.5 Å². The van der Waals surface area contributed by atoms with Crippen LogP contribution in [0.5, 0.6) is 0 Å². The number of furan rings is 1. The van der Waals surface area contributed by atoms with Crippen LogP contribution in [-0.4, -0.2) is 47.8 Å². The van der Waals surface area contributed by atoms with E-state index in [-0.39, 0.29) is 11.5 Å². The second-order valence-electron chi connectivity index (χ2n) is 5.89. The van der Waals surface area contributed by atoms with Gasteiger partial charge in [0.05, 0.1) is 17.0 Å². The number of nitrogens with zero attached hydrogens (tertiary/aromatic N) is 3. The smallest absolute Gasteiger partial charge is 0.289 e. The highest BCUT2D eigenvalue weighted by Gasteiger charge is 2.23. The molecule has 0 saturated carbocycles. The van der Waals surface area contributed by atoms with E-state index in [0.29, 0.717) is 42.6 Å². The predicted octanol–water partition coefficient (Wildman–Crippen LogP) is 2.74. The molecule has 2 amide bonds. The van der Waals surface area contributed by atoms with Gasteiger partial charge in [-0.2, -0.15) is 5.26 Å². The Bertz CT molecular complexity index is 894. The van der Waals surface area contributed by atoms with E-state index >= 15 is 0 Å². The number of piperazine rings is 1. The summed E-state index contributed by atoms with van der Waals surface area (Å²) >= 11 is 6.02. The van der Waals surface area contributed by atoms with Crippen molar-refractivity contribution in [3.05, 3.63) is 65.2 Å². The molecule has 1 aromatic heterocycles. The number of halogens is 1. The molecule has 3 rings (SSSR count). The van der Waals surface area contributed by atoms with Gasteiger partial charge in [0.1, 0.15) is 11.6 Å². The first kappa shape index (κ1) is 18.5. The molecule has 0 radical (unpaired) electrons. The third-order valence-corrected chi connectivity index (χ3v) is 4.46. The molecule has 2 heterocycles. The van der Waals surface area contributed by atoms with E-state index in [1.807, 2.05) is 11.0 Å². The standard InChI is InChI=1S/C19H17ClN4O3/c20-15-4-1-2-5-16(15)22-18(25)14(12-21)13-23-7-9-24(10-8-23)19(26)17-6-3-11-27-17/h1-6,11,13H,7-10H2,(H,22,25)/b14-13-. The number of benzene rings is 1. The van der Waals surface area contributed by atoms with Crippen LogP contribution in [-0.2, 0) is 4.79 Å². The normalized spacial score (nSPS) is 14.6. The van der Waals surface area contributed by atoms with Gasteiger partial charge in [-0.1, -0.05) is 23.7 Å². The van der Waals surface area contributed by atoms with Crippen molar-refractivity contribution in [1.29, 1.82) is 5.26 Å². The first-order valence-corrected chi connectivity index (χ1v) is 8.71. The fourth-order valence-electron chi connectivity index (χ4n) is 2.68. The van der Waals surface area contributed by atoms with Gasteiger partial charge in [0.15, 0.2) is 5.76 Å². The minimum atomic E-state index is -0.528. The number of hydrogen-bond donors (Lipinski definition) is 1. The second kappa shape index (κ2) is 8.43. The molecular weight excluding hydrogens is 368 g/mol. The Balaban J connectivity index is 1.60. The first-order valence-electron chi connectivity index (χ1n) is 8.33. The summed E-state index contributed by atoms with van der Waals surface area (Å²) in [5, 5.41) is 12.4. The minimum absolute atomic E-state index is 0.0271. The fraction of sp³-hybridized carbons (Fsp3) is 0.211. The van der Waals surface area contributed by atoms with Crippen LogP contribution in [0.25, 0.3) is 0 Å². The zero-order chi connectivity index (χ0) is 19.2. The summed E-state index contributed by atoms with van der Waals surface area (Å²) < 4.78 is 5.13. The van der Waals surface area contributed by atoms with Crippen LogP contribution < -0.4 is 5.32 Å². The average molecular weight is 385 g/mol. The van der Waals surface area contributed by atoms with Crippen molar-refractivity contribution < 1.29 is 14.0 Å². The molecular formula is C19H17ClN4O3. The molecule has 0 spiro atoms. The van der Waals surface area contributed by atoms with Crippen molar-refractivity contribution >= 4 is 29.1 Å². The molecule has 8 heteroatoms. The van der Waals surface area contributed by atoms with Gasteiger partial charge in [0.2, 0.25) is 0 Å². The molecule has 27 heavy (non-hydrogen) atoms. The van der Waals surface area contributed by atoms with Gasteiger partial charge in [-0.3, -0.25) is 9.59 Å². The van der Waals surface area contributed by atoms with Crippen LogP contribution in [0.15, 0.2) is 58.9 Å². The van der Waals surface area contributed by atoms with E-state index in [1.54, 1.807) is 41.3 Å². The van der Waals surface area contributed by atoms with Crippen molar-refractivity contribution in [3.8, 4) is 6.07 Å². The van der Waals surface area contributed by atoms with Gasteiger partial charge in [-0.25, -0.2) is 0 Å². The van der Waals surface area contributed by atoms with E-state index < -0.39 is 5.91 Å². The highest BCUT2D eigenvalue weighted by atomic mass is 35.5. The summed E-state index contributed by atoms with van der Waals surface area (Å²) in [5.41, 5.74) is 0.417. The Labute approximate surface area is 161 Å². The largest absolute Gasteiger partial charge is 0.459 e. The summed E-state index contributed by atoms with van der Waals surface area (Å²) in [4.78, 5) is 28.1. The number of anilines is 1. The molecule has 1 fully saturated rings. The molecule has 1 aromatic carbocycles. The van der Waals surface area contributed by atoms with Crippen molar-refractivity contribution in [1.82, 2.24) is 9.80 Å². The number of nitrogens with one attached hydrogen (secondary N) is 1. The van der Waals surface area contributed by atoms with Crippen molar-refractivity contribution in [2.24, 2.45) is 0 Å². The fourth-order valence-corrected chi connectivity index (χ4v) is 2.87. The lowest BCUT2D eigenvalue weighted by Gasteiger charge is -2.33. The van der Waals surface area contributed by atoms with E-state index in [9.17, 15) is 14.9 Å². The Morgan fingerprint density at radius 2 is 1.89 bits per heavy atom. The van der Waals surface area contributed by atoms with Crippen molar-refractivity contribution in [2.75, 3.05) is 31.5 Å². The van der Waals surface area contributed by atoms with Crippen LogP contribution in [0, 0.1) is 11.3 Å². The van der Waals surface area contributed by atoms with Crippen molar-refractivity contribution in [2.45, 2.75) is 0 Å². The lowest BCUT2D eigenvalue weighted by Crippen LogP contribution is -2.47. The molecule has 0 unspecified atom stereocenters. The predicted molar refractivity (Wildman–Crippen MR) is 100.0 cm³/mol. The number of carbonyl (C=O) groups excluding carboxylic acids is 2. The first-order chi connectivity index (χ1) is 13.1. The summed E-state index contributed by atoms with van der Waals surface area (Å²) in [6.07, 6.45) is 2.98.